The molecule has 0 unspecified atom stereocenters. The first-order valence-electron chi connectivity index (χ1n) is 13.7. The molecule has 2 aromatic carbocycles. The molecule has 2 aliphatic rings. The van der Waals surface area contributed by atoms with Gasteiger partial charge < -0.3 is 18.5 Å². The van der Waals surface area contributed by atoms with Crippen molar-refractivity contribution in [1.82, 2.24) is 4.57 Å². The Morgan fingerprint density at radius 3 is 2.26 bits per heavy atom. The fourth-order valence-corrected chi connectivity index (χ4v) is 6.98. The molecular weight excluding hydrogens is 579 g/mol. The van der Waals surface area contributed by atoms with E-state index in [2.05, 4.69) is 51.7 Å². The summed E-state index contributed by atoms with van der Waals surface area (Å²) in [5, 5.41) is 4.97. The topological polar surface area (TPSA) is 70.7 Å². The van der Waals surface area contributed by atoms with Crippen LogP contribution >= 0.6 is 22.7 Å². The number of rotatable bonds is 8. The number of nitrogens with zero attached hydrogens (tertiary/aromatic N) is 1. The molecule has 0 spiro atoms. The molecule has 0 amide bonds. The maximum atomic E-state index is 12.7. The zero-order valence-corrected chi connectivity index (χ0v) is 24.7. The van der Waals surface area contributed by atoms with Gasteiger partial charge >= 0.3 is 5.97 Å². The predicted molar refractivity (Wildman–Crippen MR) is 172 cm³/mol. The minimum atomic E-state index is -0.438. The minimum Gasteiger partial charge on any atom is -0.492 e. The van der Waals surface area contributed by atoms with Crippen molar-refractivity contribution in [2.24, 2.45) is 0 Å². The van der Waals surface area contributed by atoms with Gasteiger partial charge in [0.05, 0.1) is 40.4 Å². The molecule has 0 saturated heterocycles. The fraction of sp³-hybridized carbons (Fsp3) is 0.0857. The third-order valence-corrected chi connectivity index (χ3v) is 9.16. The molecule has 0 saturated carbocycles. The van der Waals surface area contributed by atoms with Crippen LogP contribution in [0.1, 0.15) is 10.4 Å². The van der Waals surface area contributed by atoms with E-state index in [1.807, 2.05) is 30.3 Å². The molecule has 0 bridgehead atoms. The van der Waals surface area contributed by atoms with E-state index >= 15 is 0 Å². The number of carbonyl (C=O) groups is 1. The van der Waals surface area contributed by atoms with Crippen LogP contribution in [0.4, 0.5) is 0 Å². The van der Waals surface area contributed by atoms with Crippen molar-refractivity contribution < 1.29 is 18.7 Å². The molecular formula is C35H25NO5S2. The van der Waals surface area contributed by atoms with E-state index in [0.717, 1.165) is 27.9 Å². The highest BCUT2D eigenvalue weighted by atomic mass is 32.1. The van der Waals surface area contributed by atoms with Crippen LogP contribution in [-0.2, 0) is 11.3 Å². The number of esters is 1. The van der Waals surface area contributed by atoms with Crippen LogP contribution in [-0.4, -0.2) is 24.3 Å². The van der Waals surface area contributed by atoms with Crippen molar-refractivity contribution in [3.8, 4) is 49.3 Å². The molecule has 1 aliphatic carbocycles. The quantitative estimate of drug-likeness (QED) is 0.128. The highest BCUT2D eigenvalue weighted by Gasteiger charge is 2.22. The highest BCUT2D eigenvalue weighted by Crippen LogP contribution is 2.42. The van der Waals surface area contributed by atoms with Crippen LogP contribution in [0.2, 0.25) is 0 Å². The molecule has 7 rings (SSSR count). The Labute approximate surface area is 255 Å². The SMILES string of the molecule is COC(=O)c1ccccc1-c1c2ccc(=O)cc-2oc2cc(OCCn3c(-c4cccs4)ccc3-c3cccs3)ccc12. The minimum absolute atomic E-state index is 0.162. The summed E-state index contributed by atoms with van der Waals surface area (Å²) in [5.41, 5.74) is 5.34. The van der Waals surface area contributed by atoms with Crippen LogP contribution < -0.4 is 10.2 Å². The molecule has 6 nitrogen and oxygen atoms in total. The molecule has 8 heteroatoms. The Kier molecular flexibility index (Phi) is 7.14. The van der Waals surface area contributed by atoms with Crippen molar-refractivity contribution in [3.63, 3.8) is 0 Å². The Morgan fingerprint density at radius 1 is 0.814 bits per heavy atom. The molecule has 0 fully saturated rings. The average Bonchev–Trinajstić information content (AvgIpc) is 3.82. The summed E-state index contributed by atoms with van der Waals surface area (Å²) < 4.78 is 19.9. The Morgan fingerprint density at radius 2 is 1.56 bits per heavy atom. The lowest BCUT2D eigenvalue weighted by Crippen LogP contribution is -2.10. The lowest BCUT2D eigenvalue weighted by Gasteiger charge is -2.18. The van der Waals surface area contributed by atoms with Gasteiger partial charge in [-0.05, 0) is 70.9 Å². The number of hydrogen-bond acceptors (Lipinski definition) is 7. The third-order valence-electron chi connectivity index (χ3n) is 7.38. The normalized spacial score (nSPS) is 11.3. The summed E-state index contributed by atoms with van der Waals surface area (Å²) in [7, 11) is 1.36. The molecule has 5 aromatic rings. The largest absolute Gasteiger partial charge is 0.492 e. The molecule has 0 N–H and O–H groups in total. The van der Waals surface area contributed by atoms with E-state index in [0.29, 0.717) is 41.4 Å². The molecule has 0 radical (unpaired) electrons. The van der Waals surface area contributed by atoms with Crippen LogP contribution in [0, 0.1) is 0 Å². The second-order valence-electron chi connectivity index (χ2n) is 9.89. The van der Waals surface area contributed by atoms with Gasteiger partial charge in [-0.1, -0.05) is 30.3 Å². The Hall–Kier alpha value is -4.92. The van der Waals surface area contributed by atoms with Gasteiger partial charge in [0, 0.05) is 28.6 Å². The second kappa shape index (κ2) is 11.4. The summed E-state index contributed by atoms with van der Waals surface area (Å²) in [6.07, 6.45) is 0. The number of thiophene rings is 2. The summed E-state index contributed by atoms with van der Waals surface area (Å²) in [4.78, 5) is 27.4. The van der Waals surface area contributed by atoms with Gasteiger partial charge in [0.15, 0.2) is 5.43 Å². The molecule has 0 atom stereocenters. The second-order valence-corrected chi connectivity index (χ2v) is 11.8. The standard InChI is InChI=1S/C35H25NO5S2/c1-39-35(38)25-7-3-2-6-24(25)34-26-12-10-22(37)20-30(26)41-31-21-23(11-13-27(31)34)40-17-16-36-28(32-8-4-18-42-32)14-15-29(36)33-9-5-19-43-33/h2-15,18-21H,16-17H2,1H3. The first kappa shape index (κ1) is 26.9. The maximum absolute atomic E-state index is 12.7. The first-order chi connectivity index (χ1) is 21.1. The smallest absolute Gasteiger partial charge is 0.338 e. The number of hydrogen-bond donors (Lipinski definition) is 0. The van der Waals surface area contributed by atoms with Gasteiger partial charge in [-0.3, -0.25) is 4.79 Å². The van der Waals surface area contributed by atoms with E-state index < -0.39 is 5.97 Å². The van der Waals surface area contributed by atoms with Crippen LogP contribution in [0.5, 0.6) is 5.75 Å². The van der Waals surface area contributed by atoms with Crippen molar-refractivity contribution in [1.29, 1.82) is 0 Å². The highest BCUT2D eigenvalue weighted by molar-refractivity contribution is 7.14. The summed E-state index contributed by atoms with van der Waals surface area (Å²) >= 11 is 3.43. The molecule has 43 heavy (non-hydrogen) atoms. The van der Waals surface area contributed by atoms with Crippen molar-refractivity contribution >= 4 is 39.6 Å². The third kappa shape index (κ3) is 5.05. The van der Waals surface area contributed by atoms with Crippen LogP contribution in [0.3, 0.4) is 0 Å². The molecule has 3 aromatic heterocycles. The van der Waals surface area contributed by atoms with Crippen molar-refractivity contribution in [3.05, 3.63) is 124 Å². The number of carbonyl (C=O) groups excluding carboxylic acids is 1. The van der Waals surface area contributed by atoms with E-state index in [1.165, 1.54) is 29.0 Å². The van der Waals surface area contributed by atoms with Gasteiger partial charge in [-0.15, -0.1) is 22.7 Å². The lowest BCUT2D eigenvalue weighted by atomic mass is 9.91. The summed E-state index contributed by atoms with van der Waals surface area (Å²) in [5.74, 6) is 0.635. The molecule has 212 valence electrons. The van der Waals surface area contributed by atoms with Gasteiger partial charge in [0.1, 0.15) is 23.7 Å². The van der Waals surface area contributed by atoms with E-state index in [1.54, 1.807) is 40.9 Å². The fourth-order valence-electron chi connectivity index (χ4n) is 5.46. The Bertz CT molecular complexity index is 2040. The predicted octanol–water partition coefficient (Wildman–Crippen LogP) is 8.69. The number of benzene rings is 3. The number of ether oxygens (including phenoxy) is 2. The number of fused-ring (bicyclic) bond motifs is 2. The van der Waals surface area contributed by atoms with E-state index in [9.17, 15) is 9.59 Å². The van der Waals surface area contributed by atoms with Crippen molar-refractivity contribution in [2.75, 3.05) is 13.7 Å². The summed E-state index contributed by atoms with van der Waals surface area (Å²) in [6, 6.07) is 30.4. The van der Waals surface area contributed by atoms with E-state index in [4.69, 9.17) is 13.9 Å². The zero-order valence-electron chi connectivity index (χ0n) is 23.1. The first-order valence-corrected chi connectivity index (χ1v) is 15.4. The van der Waals surface area contributed by atoms with Crippen molar-refractivity contribution in [2.45, 2.75) is 6.54 Å². The monoisotopic (exact) mass is 603 g/mol. The van der Waals surface area contributed by atoms with Gasteiger partial charge in [-0.2, -0.15) is 0 Å². The molecule has 1 aliphatic heterocycles. The number of methoxy groups -OCH3 is 1. The van der Waals surface area contributed by atoms with E-state index in [-0.39, 0.29) is 5.43 Å². The zero-order chi connectivity index (χ0) is 29.3. The summed E-state index contributed by atoms with van der Waals surface area (Å²) in [6.45, 7) is 1.09. The van der Waals surface area contributed by atoms with Gasteiger partial charge in [0.25, 0.3) is 0 Å². The molecule has 4 heterocycles. The lowest BCUT2D eigenvalue weighted by molar-refractivity contribution is 0.0601. The maximum Gasteiger partial charge on any atom is 0.338 e. The van der Waals surface area contributed by atoms with Gasteiger partial charge in [-0.25, -0.2) is 4.79 Å². The average molecular weight is 604 g/mol. The van der Waals surface area contributed by atoms with Gasteiger partial charge in [0.2, 0.25) is 0 Å². The number of aromatic nitrogens is 1. The van der Waals surface area contributed by atoms with Crippen LogP contribution in [0.15, 0.2) is 117 Å². The van der Waals surface area contributed by atoms with Crippen LogP contribution in [0.25, 0.3) is 54.6 Å². The Balaban J connectivity index is 1.26.